The van der Waals surface area contributed by atoms with Crippen molar-refractivity contribution in [3.8, 4) is 0 Å². The van der Waals surface area contributed by atoms with Crippen LogP contribution in [0.4, 0.5) is 0 Å². The Morgan fingerprint density at radius 2 is 2.18 bits per heavy atom. The summed E-state index contributed by atoms with van der Waals surface area (Å²) in [6.07, 6.45) is 7.94. The Kier molecular flexibility index (Phi) is 4.52. The fourth-order valence-electron chi connectivity index (χ4n) is 2.24. The number of hydrogen-bond donors (Lipinski definition) is 2. The Morgan fingerprint density at radius 1 is 1.53 bits per heavy atom. The zero-order chi connectivity index (χ0) is 13.1. The van der Waals surface area contributed by atoms with Crippen molar-refractivity contribution in [2.24, 2.45) is 11.1 Å². The second-order valence-electron chi connectivity index (χ2n) is 5.06. The van der Waals surface area contributed by atoms with Crippen LogP contribution >= 0.6 is 0 Å². The molecular formula is C14H23NO2. The van der Waals surface area contributed by atoms with Crippen molar-refractivity contribution in [2.75, 3.05) is 0 Å². The van der Waals surface area contributed by atoms with E-state index in [4.69, 9.17) is 5.73 Å². The minimum Gasteiger partial charge on any atom is -0.481 e. The lowest BCUT2D eigenvalue weighted by atomic mass is 9.73. The average Bonchev–Trinajstić information content (AvgIpc) is 2.28. The van der Waals surface area contributed by atoms with E-state index >= 15 is 0 Å². The van der Waals surface area contributed by atoms with Gasteiger partial charge < -0.3 is 10.8 Å². The van der Waals surface area contributed by atoms with Crippen LogP contribution in [0, 0.1) is 5.41 Å². The molecule has 2 unspecified atom stereocenters. The Hall–Kier alpha value is -1.09. The van der Waals surface area contributed by atoms with E-state index in [0.717, 1.165) is 36.8 Å². The monoisotopic (exact) mass is 237 g/mol. The minimum absolute atomic E-state index is 0.401. The summed E-state index contributed by atoms with van der Waals surface area (Å²) >= 11 is 0. The van der Waals surface area contributed by atoms with Gasteiger partial charge >= 0.3 is 5.97 Å². The number of allylic oxidation sites excluding steroid dienone is 2. The van der Waals surface area contributed by atoms with Gasteiger partial charge in [0.1, 0.15) is 5.41 Å². The fourth-order valence-corrected chi connectivity index (χ4v) is 2.24. The minimum atomic E-state index is -0.957. The molecule has 3 nitrogen and oxygen atoms in total. The lowest BCUT2D eigenvalue weighted by Crippen LogP contribution is -2.47. The normalized spacial score (nSPS) is 28.6. The van der Waals surface area contributed by atoms with Gasteiger partial charge in [-0.1, -0.05) is 37.5 Å². The van der Waals surface area contributed by atoms with Gasteiger partial charge in [-0.25, -0.2) is 0 Å². The first kappa shape index (κ1) is 14.0. The zero-order valence-corrected chi connectivity index (χ0v) is 11.0. The summed E-state index contributed by atoms with van der Waals surface area (Å²) < 4.78 is 0. The molecule has 3 N–H and O–H groups in total. The molecule has 96 valence electrons. The summed E-state index contributed by atoms with van der Waals surface area (Å²) in [7, 11) is 0. The van der Waals surface area contributed by atoms with Crippen LogP contribution in [0.2, 0.25) is 0 Å². The lowest BCUT2D eigenvalue weighted by molar-refractivity contribution is -0.145. The van der Waals surface area contributed by atoms with E-state index < -0.39 is 17.4 Å². The molecule has 0 saturated heterocycles. The van der Waals surface area contributed by atoms with Gasteiger partial charge in [0.05, 0.1) is 0 Å². The highest BCUT2D eigenvalue weighted by Gasteiger charge is 2.41. The maximum absolute atomic E-state index is 11.3. The van der Waals surface area contributed by atoms with Crippen LogP contribution in [0.25, 0.3) is 0 Å². The van der Waals surface area contributed by atoms with Gasteiger partial charge in [0.25, 0.3) is 0 Å². The second kappa shape index (κ2) is 5.50. The van der Waals surface area contributed by atoms with Crippen molar-refractivity contribution < 1.29 is 9.90 Å². The van der Waals surface area contributed by atoms with Crippen molar-refractivity contribution in [3.05, 3.63) is 23.3 Å². The first-order valence-corrected chi connectivity index (χ1v) is 6.31. The predicted molar refractivity (Wildman–Crippen MR) is 69.7 cm³/mol. The first-order valence-electron chi connectivity index (χ1n) is 6.31. The first-order chi connectivity index (χ1) is 7.93. The summed E-state index contributed by atoms with van der Waals surface area (Å²) in [4.78, 5) is 11.3. The molecule has 17 heavy (non-hydrogen) atoms. The third-order valence-electron chi connectivity index (χ3n) is 3.72. The van der Waals surface area contributed by atoms with Crippen molar-refractivity contribution >= 4 is 5.97 Å². The maximum Gasteiger partial charge on any atom is 0.315 e. The molecular weight excluding hydrogens is 214 g/mol. The van der Waals surface area contributed by atoms with E-state index in [0.29, 0.717) is 0 Å². The summed E-state index contributed by atoms with van der Waals surface area (Å²) in [6.45, 7) is 5.87. The van der Waals surface area contributed by atoms with E-state index in [9.17, 15) is 9.90 Å². The molecule has 0 aliphatic heterocycles. The van der Waals surface area contributed by atoms with E-state index in [-0.39, 0.29) is 0 Å². The topological polar surface area (TPSA) is 63.3 Å². The summed E-state index contributed by atoms with van der Waals surface area (Å²) in [5.74, 6) is -0.846. The molecule has 1 aliphatic rings. The number of rotatable bonds is 5. The van der Waals surface area contributed by atoms with E-state index in [2.05, 4.69) is 6.92 Å². The highest BCUT2D eigenvalue weighted by atomic mass is 16.4. The Balaban J connectivity index is 2.87. The molecule has 0 amide bonds. The van der Waals surface area contributed by atoms with Crippen molar-refractivity contribution in [1.82, 2.24) is 0 Å². The molecule has 0 heterocycles. The van der Waals surface area contributed by atoms with Crippen LogP contribution in [-0.2, 0) is 4.79 Å². The highest BCUT2D eigenvalue weighted by molar-refractivity contribution is 5.79. The van der Waals surface area contributed by atoms with Gasteiger partial charge in [0.15, 0.2) is 0 Å². The van der Waals surface area contributed by atoms with Crippen LogP contribution in [0.1, 0.15) is 46.5 Å². The van der Waals surface area contributed by atoms with Crippen molar-refractivity contribution in [1.29, 1.82) is 0 Å². The lowest BCUT2D eigenvalue weighted by Gasteiger charge is -2.34. The quantitative estimate of drug-likeness (QED) is 0.723. The third-order valence-corrected chi connectivity index (χ3v) is 3.72. The average molecular weight is 237 g/mol. The molecule has 0 saturated carbocycles. The number of aliphatic carboxylic acids is 1. The molecule has 3 heteroatoms. The molecule has 1 rings (SSSR count). The molecule has 0 bridgehead atoms. The summed E-state index contributed by atoms with van der Waals surface area (Å²) in [5, 5.41) is 9.29. The standard InChI is InChI=1S/C14H23NO2/c1-4-5-6-7-11-10(2)8-9-14(3,12(11)15)13(16)17/h8-9,12H,4-7,15H2,1-3H3,(H,16,17). The predicted octanol–water partition coefficient (Wildman–Crippen LogP) is 2.87. The van der Waals surface area contributed by atoms with Crippen LogP contribution in [0.15, 0.2) is 23.3 Å². The number of carboxylic acid groups (broad SMARTS) is 1. The van der Waals surface area contributed by atoms with Gasteiger partial charge in [0, 0.05) is 6.04 Å². The molecule has 0 fully saturated rings. The molecule has 0 radical (unpaired) electrons. The van der Waals surface area contributed by atoms with Gasteiger partial charge in [0.2, 0.25) is 0 Å². The van der Waals surface area contributed by atoms with Gasteiger partial charge in [-0.2, -0.15) is 0 Å². The zero-order valence-electron chi connectivity index (χ0n) is 11.0. The molecule has 0 aromatic rings. The smallest absolute Gasteiger partial charge is 0.315 e. The maximum atomic E-state index is 11.3. The third kappa shape index (κ3) is 2.78. The number of unbranched alkanes of at least 4 members (excludes halogenated alkanes) is 2. The van der Waals surface area contributed by atoms with E-state index in [1.54, 1.807) is 13.0 Å². The number of hydrogen-bond acceptors (Lipinski definition) is 2. The van der Waals surface area contributed by atoms with Crippen molar-refractivity contribution in [2.45, 2.75) is 52.5 Å². The van der Waals surface area contributed by atoms with Gasteiger partial charge in [-0.05, 0) is 32.3 Å². The van der Waals surface area contributed by atoms with Crippen LogP contribution in [-0.4, -0.2) is 17.1 Å². The molecule has 0 aromatic heterocycles. The highest BCUT2D eigenvalue weighted by Crippen LogP contribution is 2.35. The van der Waals surface area contributed by atoms with Gasteiger partial charge in [-0.15, -0.1) is 0 Å². The Bertz CT molecular complexity index is 357. The van der Waals surface area contributed by atoms with Crippen LogP contribution < -0.4 is 5.73 Å². The van der Waals surface area contributed by atoms with Crippen LogP contribution in [0.5, 0.6) is 0 Å². The largest absolute Gasteiger partial charge is 0.481 e. The number of carbonyl (C=O) groups is 1. The SMILES string of the molecule is CCCCCC1=C(C)C=CC(C)(C(=O)O)C1N. The summed E-state index contributed by atoms with van der Waals surface area (Å²) in [5.41, 5.74) is 7.42. The molecule has 2 atom stereocenters. The Labute approximate surface area is 103 Å². The van der Waals surface area contributed by atoms with E-state index in [1.807, 2.05) is 13.0 Å². The molecule has 1 aliphatic carbocycles. The van der Waals surface area contributed by atoms with Gasteiger partial charge in [-0.3, -0.25) is 4.79 Å². The van der Waals surface area contributed by atoms with Crippen molar-refractivity contribution in [3.63, 3.8) is 0 Å². The molecule has 0 spiro atoms. The number of carboxylic acids is 1. The Morgan fingerprint density at radius 3 is 2.71 bits per heavy atom. The second-order valence-corrected chi connectivity index (χ2v) is 5.06. The van der Waals surface area contributed by atoms with Crippen LogP contribution in [0.3, 0.4) is 0 Å². The summed E-state index contributed by atoms with van der Waals surface area (Å²) in [6, 6.07) is -0.401. The molecule has 0 aromatic carbocycles. The number of nitrogens with two attached hydrogens (primary N) is 1. The fraction of sp³-hybridized carbons (Fsp3) is 0.643. The van der Waals surface area contributed by atoms with E-state index in [1.165, 1.54) is 0 Å².